The summed E-state index contributed by atoms with van der Waals surface area (Å²) in [7, 11) is 1.37. The molecule has 3 aromatic carbocycles. The van der Waals surface area contributed by atoms with Crippen molar-refractivity contribution in [3.05, 3.63) is 108 Å². The number of aromatic nitrogens is 1. The number of para-hydroxylation sites is 1. The summed E-state index contributed by atoms with van der Waals surface area (Å²) in [4.78, 5) is 31.7. The maximum Gasteiger partial charge on any atom is 0.270 e. The summed E-state index contributed by atoms with van der Waals surface area (Å²) in [6.45, 7) is 2.69. The molecule has 2 aliphatic heterocycles. The second-order valence-corrected chi connectivity index (χ2v) is 11.1. The monoisotopic (exact) mass is 598 g/mol. The molecule has 0 radical (unpaired) electrons. The van der Waals surface area contributed by atoms with Crippen LogP contribution in [0.15, 0.2) is 58.3 Å². The molecule has 42 heavy (non-hydrogen) atoms. The van der Waals surface area contributed by atoms with E-state index in [1.807, 2.05) is 12.1 Å². The number of thiazole rings is 1. The predicted octanol–water partition coefficient (Wildman–Crippen LogP) is 4.42. The Morgan fingerprint density at radius 3 is 2.52 bits per heavy atom. The maximum atomic E-state index is 14.1. The number of nitrogens with zero attached hydrogens (tertiary/aromatic N) is 2. The summed E-state index contributed by atoms with van der Waals surface area (Å²) < 4.78 is 74.0. The lowest BCUT2D eigenvalue weighted by atomic mass is 9.79. The number of benzene rings is 3. The molecular formula is C30H22F4N2O5S. The third-order valence-corrected chi connectivity index (χ3v) is 8.35. The molecule has 0 saturated heterocycles. The van der Waals surface area contributed by atoms with Gasteiger partial charge in [0.15, 0.2) is 22.2 Å². The fourth-order valence-corrected chi connectivity index (χ4v) is 6.64. The highest BCUT2D eigenvalue weighted by atomic mass is 32.1. The average molecular weight is 599 g/mol. The molecule has 216 valence electrons. The van der Waals surface area contributed by atoms with Crippen molar-refractivity contribution in [2.75, 3.05) is 7.11 Å². The topological polar surface area (TPSA) is 79.1 Å². The number of fused-ring (bicyclic) bond motifs is 6. The van der Waals surface area contributed by atoms with Gasteiger partial charge in [-0.2, -0.15) is 8.78 Å². The van der Waals surface area contributed by atoms with Crippen LogP contribution in [-0.2, 0) is 11.4 Å². The van der Waals surface area contributed by atoms with Crippen molar-refractivity contribution in [2.24, 2.45) is 10.9 Å². The first-order chi connectivity index (χ1) is 20.0. The smallest absolute Gasteiger partial charge is 0.270 e. The standard InChI is InChI=1S/C30H22F4N2O5S/c1-14(37)23-26-17-6-4-5-7-21(17)41-30(23,2)35-29-36(26)28(38)22(42-29)11-15-8-9-20(39-3)16(10-15)13-40-27-24(33)18(31)12-19(32)25(27)34/h4-12,23,26H,13H2,1-3H3/b22-11+/t23-,26-,30+/m0/s1. The minimum absolute atomic E-state index is 0.0939. The lowest BCUT2D eigenvalue weighted by molar-refractivity contribution is -0.132. The zero-order valence-electron chi connectivity index (χ0n) is 22.4. The first kappa shape index (κ1) is 27.7. The van der Waals surface area contributed by atoms with E-state index in [9.17, 15) is 27.2 Å². The molecule has 12 heteroatoms. The Morgan fingerprint density at radius 1 is 1.12 bits per heavy atom. The molecule has 2 aliphatic rings. The molecule has 3 atom stereocenters. The molecule has 2 bridgehead atoms. The van der Waals surface area contributed by atoms with E-state index < -0.39 is 53.3 Å². The highest BCUT2D eigenvalue weighted by Crippen LogP contribution is 2.47. The molecule has 4 aromatic rings. The van der Waals surface area contributed by atoms with Crippen molar-refractivity contribution >= 4 is 23.2 Å². The van der Waals surface area contributed by atoms with Crippen molar-refractivity contribution in [3.63, 3.8) is 0 Å². The number of methoxy groups -OCH3 is 1. The van der Waals surface area contributed by atoms with Crippen LogP contribution < -0.4 is 29.1 Å². The van der Waals surface area contributed by atoms with Gasteiger partial charge in [-0.1, -0.05) is 35.6 Å². The summed E-state index contributed by atoms with van der Waals surface area (Å²) in [6, 6.07) is 11.5. The number of carbonyl (C=O) groups excluding carboxylic acids is 1. The van der Waals surface area contributed by atoms with E-state index in [1.165, 1.54) is 18.6 Å². The van der Waals surface area contributed by atoms with Crippen LogP contribution in [0.1, 0.15) is 36.6 Å². The van der Waals surface area contributed by atoms with E-state index in [1.54, 1.807) is 43.3 Å². The zero-order valence-corrected chi connectivity index (χ0v) is 23.2. The van der Waals surface area contributed by atoms with Gasteiger partial charge < -0.3 is 14.2 Å². The molecule has 0 fully saturated rings. The molecule has 0 unspecified atom stereocenters. The number of rotatable bonds is 6. The van der Waals surface area contributed by atoms with Crippen LogP contribution in [0.4, 0.5) is 17.6 Å². The third-order valence-electron chi connectivity index (χ3n) is 7.36. The summed E-state index contributed by atoms with van der Waals surface area (Å²) >= 11 is 1.13. The minimum atomic E-state index is -1.66. The normalized spacial score (nSPS) is 20.7. The number of halogens is 4. The first-order valence-corrected chi connectivity index (χ1v) is 13.6. The molecule has 7 nitrogen and oxygen atoms in total. The van der Waals surface area contributed by atoms with Crippen molar-refractivity contribution < 1.29 is 36.6 Å². The predicted molar refractivity (Wildman–Crippen MR) is 144 cm³/mol. The number of ketones is 1. The van der Waals surface area contributed by atoms with Crippen molar-refractivity contribution in [2.45, 2.75) is 32.2 Å². The molecule has 0 spiro atoms. The molecule has 6 rings (SSSR count). The van der Waals surface area contributed by atoms with Crippen LogP contribution in [0.5, 0.6) is 17.2 Å². The van der Waals surface area contributed by atoms with Gasteiger partial charge in [-0.05, 0) is 43.7 Å². The van der Waals surface area contributed by atoms with Gasteiger partial charge in [0.1, 0.15) is 29.8 Å². The average Bonchev–Trinajstić information content (AvgIpc) is 3.24. The van der Waals surface area contributed by atoms with E-state index in [4.69, 9.17) is 19.2 Å². The summed E-state index contributed by atoms with van der Waals surface area (Å²) in [5.74, 6) is -7.77. The summed E-state index contributed by atoms with van der Waals surface area (Å²) in [5, 5.41) is 0. The van der Waals surface area contributed by atoms with Gasteiger partial charge in [0, 0.05) is 17.2 Å². The second kappa shape index (κ2) is 10.1. The van der Waals surface area contributed by atoms with Gasteiger partial charge in [0.2, 0.25) is 17.4 Å². The number of Topliss-reactive ketones (excluding diaryl/α,β-unsaturated/α-hetero) is 1. The Bertz CT molecular complexity index is 1930. The van der Waals surface area contributed by atoms with Gasteiger partial charge in [0.25, 0.3) is 5.56 Å². The zero-order chi connectivity index (χ0) is 29.9. The molecule has 3 heterocycles. The fraction of sp³-hybridized carbons (Fsp3) is 0.233. The van der Waals surface area contributed by atoms with Crippen LogP contribution in [0.3, 0.4) is 0 Å². The summed E-state index contributed by atoms with van der Waals surface area (Å²) in [6.07, 6.45) is 1.60. The van der Waals surface area contributed by atoms with Crippen LogP contribution in [0.25, 0.3) is 6.08 Å². The van der Waals surface area contributed by atoms with E-state index in [2.05, 4.69) is 0 Å². The molecule has 1 aromatic heterocycles. The molecule has 0 saturated carbocycles. The molecular weight excluding hydrogens is 576 g/mol. The lowest BCUT2D eigenvalue weighted by Gasteiger charge is -2.45. The summed E-state index contributed by atoms with van der Waals surface area (Å²) in [5.41, 5.74) is -0.0591. The number of ether oxygens (including phenoxy) is 3. The SMILES string of the molecule is COc1ccc(/C=c2/sc3n(c2=O)[C@H]2c4ccccc4O[C@@](C)(N=3)[C@H]2C(C)=O)cc1COc1c(F)c(F)cc(F)c1F. The van der Waals surface area contributed by atoms with E-state index >= 15 is 0 Å². The number of carbonyl (C=O) groups is 1. The highest BCUT2D eigenvalue weighted by molar-refractivity contribution is 7.07. The Labute approximate surface area is 239 Å². The number of hydrogen-bond donors (Lipinski definition) is 0. The van der Waals surface area contributed by atoms with Gasteiger partial charge >= 0.3 is 0 Å². The van der Waals surface area contributed by atoms with Crippen LogP contribution in [0.2, 0.25) is 0 Å². The fourth-order valence-electron chi connectivity index (χ4n) is 5.54. The third kappa shape index (κ3) is 4.37. The van der Waals surface area contributed by atoms with E-state index in [0.29, 0.717) is 31.8 Å². The maximum absolute atomic E-state index is 14.1. The van der Waals surface area contributed by atoms with Crippen molar-refractivity contribution in [3.8, 4) is 17.2 Å². The van der Waals surface area contributed by atoms with E-state index in [-0.39, 0.29) is 23.2 Å². The largest absolute Gasteiger partial charge is 0.496 e. The molecule has 0 amide bonds. The van der Waals surface area contributed by atoms with Gasteiger partial charge in [-0.3, -0.25) is 14.2 Å². The van der Waals surface area contributed by atoms with Crippen LogP contribution in [-0.4, -0.2) is 23.2 Å². The van der Waals surface area contributed by atoms with Crippen molar-refractivity contribution in [1.29, 1.82) is 0 Å². The second-order valence-electron chi connectivity index (χ2n) is 10.1. The van der Waals surface area contributed by atoms with Crippen LogP contribution in [0, 0.1) is 29.2 Å². The Balaban J connectivity index is 1.43. The Kier molecular flexibility index (Phi) is 6.68. The molecule has 0 aliphatic carbocycles. The number of hydrogen-bond acceptors (Lipinski definition) is 7. The lowest BCUT2D eigenvalue weighted by Crippen LogP contribution is -2.58. The molecule has 0 N–H and O–H groups in total. The van der Waals surface area contributed by atoms with Gasteiger partial charge in [-0.15, -0.1) is 0 Å². The van der Waals surface area contributed by atoms with E-state index in [0.717, 1.165) is 11.3 Å². The first-order valence-electron chi connectivity index (χ1n) is 12.8. The quantitative estimate of drug-likeness (QED) is 0.243. The van der Waals surface area contributed by atoms with Crippen molar-refractivity contribution in [1.82, 2.24) is 4.57 Å². The Morgan fingerprint density at radius 2 is 1.83 bits per heavy atom. The minimum Gasteiger partial charge on any atom is -0.496 e. The Hall–Kier alpha value is -4.45. The highest BCUT2D eigenvalue weighted by Gasteiger charge is 2.53. The van der Waals surface area contributed by atoms with Gasteiger partial charge in [-0.25, -0.2) is 13.8 Å². The van der Waals surface area contributed by atoms with Gasteiger partial charge in [0.05, 0.1) is 17.7 Å². The van der Waals surface area contributed by atoms with Crippen LogP contribution >= 0.6 is 11.3 Å².